The molecule has 5 nitrogen and oxygen atoms in total. The number of ether oxygens (including phenoxy) is 1. The number of hydrogen-bond donors (Lipinski definition) is 1. The molecule has 104 valence electrons. The number of aromatic amines is 1. The van der Waals surface area contributed by atoms with Gasteiger partial charge in [0.2, 0.25) is 0 Å². The molecule has 5 heteroatoms. The van der Waals surface area contributed by atoms with E-state index in [2.05, 4.69) is 9.88 Å². The van der Waals surface area contributed by atoms with Crippen LogP contribution < -0.4 is 0 Å². The fourth-order valence-corrected chi connectivity index (χ4v) is 2.65. The number of rotatable bonds is 2. The molecule has 1 aliphatic heterocycles. The standard InChI is InChI=1S/C16H14N4O/c17-9-12(10-18)16(20-5-7-21-8-6-20)14-11-19-15-4-2-1-3-13(14)15/h1-4,11,19H,5-8H2. The first-order valence-electron chi connectivity index (χ1n) is 6.79. The first kappa shape index (κ1) is 13.2. The molecule has 2 heterocycles. The molecular weight excluding hydrogens is 264 g/mol. The predicted octanol–water partition coefficient (Wildman–Crippen LogP) is 2.26. The van der Waals surface area contributed by atoms with Gasteiger partial charge in [-0.3, -0.25) is 0 Å². The molecule has 0 saturated carbocycles. The van der Waals surface area contributed by atoms with Gasteiger partial charge in [0, 0.05) is 35.8 Å². The van der Waals surface area contributed by atoms with Gasteiger partial charge in [0.05, 0.1) is 18.9 Å². The summed E-state index contributed by atoms with van der Waals surface area (Å²) in [6, 6.07) is 11.9. The minimum Gasteiger partial charge on any atom is -0.378 e. The van der Waals surface area contributed by atoms with Crippen LogP contribution in [0.4, 0.5) is 0 Å². The molecule has 0 spiro atoms. The van der Waals surface area contributed by atoms with Crippen molar-refractivity contribution in [2.75, 3.05) is 26.3 Å². The minimum atomic E-state index is 0.140. The summed E-state index contributed by atoms with van der Waals surface area (Å²) in [6.45, 7) is 2.58. The first-order chi connectivity index (χ1) is 10.3. The van der Waals surface area contributed by atoms with E-state index in [1.807, 2.05) is 42.6 Å². The second kappa shape index (κ2) is 5.70. The molecule has 1 aromatic carbocycles. The van der Waals surface area contributed by atoms with E-state index >= 15 is 0 Å². The molecule has 1 aliphatic rings. The second-order valence-electron chi connectivity index (χ2n) is 4.79. The third-order valence-electron chi connectivity index (χ3n) is 3.63. The van der Waals surface area contributed by atoms with Crippen LogP contribution in [0.3, 0.4) is 0 Å². The zero-order valence-electron chi connectivity index (χ0n) is 11.5. The summed E-state index contributed by atoms with van der Waals surface area (Å²) in [5.41, 5.74) is 2.72. The van der Waals surface area contributed by atoms with Crippen LogP contribution in [0.5, 0.6) is 0 Å². The molecule has 1 N–H and O–H groups in total. The highest BCUT2D eigenvalue weighted by molar-refractivity contribution is 5.94. The average Bonchev–Trinajstić information content (AvgIpc) is 2.97. The Balaban J connectivity index is 2.18. The van der Waals surface area contributed by atoms with Gasteiger partial charge in [0.15, 0.2) is 5.57 Å². The molecular formula is C16H14N4O. The molecule has 1 aromatic heterocycles. The van der Waals surface area contributed by atoms with Crippen LogP contribution in [0, 0.1) is 22.7 Å². The lowest BCUT2D eigenvalue weighted by molar-refractivity contribution is 0.0639. The monoisotopic (exact) mass is 278 g/mol. The molecule has 0 aliphatic carbocycles. The summed E-state index contributed by atoms with van der Waals surface area (Å²) in [6.07, 6.45) is 1.87. The normalized spacial score (nSPS) is 14.5. The number of para-hydroxylation sites is 1. The topological polar surface area (TPSA) is 75.8 Å². The van der Waals surface area contributed by atoms with E-state index in [0.29, 0.717) is 32.0 Å². The summed E-state index contributed by atoms with van der Waals surface area (Å²) in [7, 11) is 0. The number of nitriles is 2. The number of fused-ring (bicyclic) bond motifs is 1. The van der Waals surface area contributed by atoms with Crippen LogP contribution in [0.1, 0.15) is 5.56 Å². The highest BCUT2D eigenvalue weighted by Crippen LogP contribution is 2.30. The van der Waals surface area contributed by atoms with Gasteiger partial charge in [-0.1, -0.05) is 18.2 Å². The largest absolute Gasteiger partial charge is 0.378 e. The molecule has 21 heavy (non-hydrogen) atoms. The lowest BCUT2D eigenvalue weighted by Crippen LogP contribution is -2.35. The molecule has 1 fully saturated rings. The van der Waals surface area contributed by atoms with Crippen LogP contribution in [-0.4, -0.2) is 36.2 Å². The molecule has 1 saturated heterocycles. The van der Waals surface area contributed by atoms with E-state index in [1.165, 1.54) is 0 Å². The SMILES string of the molecule is N#CC(C#N)=C(c1c[nH]c2ccccc12)N1CCOCC1. The van der Waals surface area contributed by atoms with Crippen molar-refractivity contribution >= 4 is 16.6 Å². The van der Waals surface area contributed by atoms with Crippen molar-refractivity contribution in [1.82, 2.24) is 9.88 Å². The van der Waals surface area contributed by atoms with E-state index < -0.39 is 0 Å². The Morgan fingerprint density at radius 2 is 1.86 bits per heavy atom. The third-order valence-corrected chi connectivity index (χ3v) is 3.63. The molecule has 3 rings (SSSR count). The fraction of sp³-hybridized carbons (Fsp3) is 0.250. The van der Waals surface area contributed by atoms with Gasteiger partial charge in [-0.2, -0.15) is 10.5 Å². The van der Waals surface area contributed by atoms with E-state index in [-0.39, 0.29) is 5.57 Å². The molecule has 0 bridgehead atoms. The second-order valence-corrected chi connectivity index (χ2v) is 4.79. The van der Waals surface area contributed by atoms with E-state index in [9.17, 15) is 10.5 Å². The van der Waals surface area contributed by atoms with Crippen molar-refractivity contribution in [2.24, 2.45) is 0 Å². The summed E-state index contributed by atoms with van der Waals surface area (Å²) >= 11 is 0. The Kier molecular flexibility index (Phi) is 3.59. The summed E-state index contributed by atoms with van der Waals surface area (Å²) in [4.78, 5) is 5.26. The number of benzene rings is 1. The van der Waals surface area contributed by atoms with Crippen molar-refractivity contribution in [3.63, 3.8) is 0 Å². The van der Waals surface area contributed by atoms with Crippen LogP contribution in [0.2, 0.25) is 0 Å². The molecule has 2 aromatic rings. The maximum absolute atomic E-state index is 9.30. The van der Waals surface area contributed by atoms with Gasteiger partial charge in [-0.15, -0.1) is 0 Å². The summed E-state index contributed by atoms with van der Waals surface area (Å²) in [5, 5.41) is 19.6. The lowest BCUT2D eigenvalue weighted by atomic mass is 10.0. The summed E-state index contributed by atoms with van der Waals surface area (Å²) < 4.78 is 5.36. The van der Waals surface area contributed by atoms with Crippen LogP contribution in [0.25, 0.3) is 16.6 Å². The van der Waals surface area contributed by atoms with Crippen molar-refractivity contribution in [3.05, 3.63) is 41.6 Å². The minimum absolute atomic E-state index is 0.140. The third kappa shape index (κ3) is 2.35. The Bertz CT molecular complexity index is 753. The van der Waals surface area contributed by atoms with Crippen LogP contribution in [0.15, 0.2) is 36.0 Å². The number of H-pyrrole nitrogens is 1. The number of morpholine rings is 1. The Morgan fingerprint density at radius 1 is 1.14 bits per heavy atom. The maximum Gasteiger partial charge on any atom is 0.153 e. The zero-order valence-corrected chi connectivity index (χ0v) is 11.5. The van der Waals surface area contributed by atoms with E-state index in [0.717, 1.165) is 16.5 Å². The Hall–Kier alpha value is -2.76. The van der Waals surface area contributed by atoms with Crippen LogP contribution >= 0.6 is 0 Å². The number of nitrogens with one attached hydrogen (secondary N) is 1. The smallest absolute Gasteiger partial charge is 0.153 e. The van der Waals surface area contributed by atoms with Gasteiger partial charge in [-0.05, 0) is 6.07 Å². The van der Waals surface area contributed by atoms with Gasteiger partial charge >= 0.3 is 0 Å². The molecule has 0 atom stereocenters. The predicted molar refractivity (Wildman–Crippen MR) is 78.8 cm³/mol. The van der Waals surface area contributed by atoms with Crippen molar-refractivity contribution in [1.29, 1.82) is 10.5 Å². The maximum atomic E-state index is 9.30. The highest BCUT2D eigenvalue weighted by Gasteiger charge is 2.22. The van der Waals surface area contributed by atoms with Crippen molar-refractivity contribution in [3.8, 4) is 12.1 Å². The van der Waals surface area contributed by atoms with Crippen LogP contribution in [-0.2, 0) is 4.74 Å². The van der Waals surface area contributed by atoms with E-state index in [1.54, 1.807) is 0 Å². The zero-order chi connectivity index (χ0) is 14.7. The fourth-order valence-electron chi connectivity index (χ4n) is 2.65. The molecule has 0 radical (unpaired) electrons. The van der Waals surface area contributed by atoms with Gasteiger partial charge < -0.3 is 14.6 Å². The van der Waals surface area contributed by atoms with E-state index in [4.69, 9.17) is 4.74 Å². The summed E-state index contributed by atoms with van der Waals surface area (Å²) in [5.74, 6) is 0. The highest BCUT2D eigenvalue weighted by atomic mass is 16.5. The number of nitrogens with zero attached hydrogens (tertiary/aromatic N) is 3. The molecule has 0 amide bonds. The Morgan fingerprint density at radius 3 is 2.57 bits per heavy atom. The van der Waals surface area contributed by atoms with Crippen molar-refractivity contribution in [2.45, 2.75) is 0 Å². The lowest BCUT2D eigenvalue weighted by Gasteiger charge is -2.31. The van der Waals surface area contributed by atoms with Gasteiger partial charge in [-0.25, -0.2) is 0 Å². The van der Waals surface area contributed by atoms with Gasteiger partial charge in [0.25, 0.3) is 0 Å². The first-order valence-corrected chi connectivity index (χ1v) is 6.79. The number of allylic oxidation sites excluding steroid dienone is 1. The van der Waals surface area contributed by atoms with Gasteiger partial charge in [0.1, 0.15) is 12.1 Å². The quantitative estimate of drug-likeness (QED) is 0.855. The van der Waals surface area contributed by atoms with Crippen molar-refractivity contribution < 1.29 is 4.74 Å². The average molecular weight is 278 g/mol. The number of hydrogen-bond acceptors (Lipinski definition) is 4. The number of aromatic nitrogens is 1. The molecule has 0 unspecified atom stereocenters. The Labute approximate surface area is 122 Å².